The number of hydrogen-bond donors (Lipinski definition) is 1. The van der Waals surface area contributed by atoms with E-state index in [2.05, 4.69) is 0 Å². The van der Waals surface area contributed by atoms with Crippen LogP contribution < -0.4 is 0 Å². The largest absolute Gasteiger partial charge is 0.444 e. The highest BCUT2D eigenvalue weighted by Gasteiger charge is 2.30. The molecule has 4 nitrogen and oxygen atoms in total. The van der Waals surface area contributed by atoms with Crippen molar-refractivity contribution >= 4 is 6.09 Å². The van der Waals surface area contributed by atoms with Crippen LogP contribution in [0.3, 0.4) is 0 Å². The van der Waals surface area contributed by atoms with E-state index in [4.69, 9.17) is 4.74 Å². The van der Waals surface area contributed by atoms with Gasteiger partial charge in [0.15, 0.2) is 0 Å². The van der Waals surface area contributed by atoms with Crippen LogP contribution in [0.4, 0.5) is 4.79 Å². The maximum Gasteiger partial charge on any atom is 0.410 e. The summed E-state index contributed by atoms with van der Waals surface area (Å²) < 4.78 is 5.25. The van der Waals surface area contributed by atoms with Gasteiger partial charge in [-0.25, -0.2) is 4.79 Å². The van der Waals surface area contributed by atoms with Gasteiger partial charge in [0, 0.05) is 13.1 Å². The lowest BCUT2D eigenvalue weighted by molar-refractivity contribution is 0.0217. The van der Waals surface area contributed by atoms with Gasteiger partial charge in [-0.05, 0) is 40.0 Å². The predicted molar refractivity (Wildman–Crippen MR) is 57.6 cm³/mol. The highest BCUT2D eigenvalue weighted by Crippen LogP contribution is 2.24. The summed E-state index contributed by atoms with van der Waals surface area (Å²) in [4.78, 5) is 13.3. The summed E-state index contributed by atoms with van der Waals surface area (Å²) in [6.07, 6.45) is 1.73. The van der Waals surface area contributed by atoms with Gasteiger partial charge in [0.05, 0.1) is 6.10 Å². The van der Waals surface area contributed by atoms with E-state index < -0.39 is 5.60 Å². The minimum absolute atomic E-state index is 0.120. The first-order valence-electron chi connectivity index (χ1n) is 5.43. The van der Waals surface area contributed by atoms with Crippen LogP contribution in [-0.2, 0) is 4.74 Å². The molecule has 88 valence electrons. The van der Waals surface area contributed by atoms with Crippen LogP contribution in [0.15, 0.2) is 0 Å². The maximum atomic E-state index is 11.7. The zero-order valence-corrected chi connectivity index (χ0v) is 9.99. The van der Waals surface area contributed by atoms with Crippen LogP contribution in [0.25, 0.3) is 0 Å². The van der Waals surface area contributed by atoms with Gasteiger partial charge in [-0.1, -0.05) is 0 Å². The summed E-state index contributed by atoms with van der Waals surface area (Å²) >= 11 is 0. The molecular weight excluding hydrogens is 194 g/mol. The fraction of sp³-hybridized carbons (Fsp3) is 0.909. The quantitative estimate of drug-likeness (QED) is 0.725. The van der Waals surface area contributed by atoms with E-state index in [0.29, 0.717) is 6.42 Å². The van der Waals surface area contributed by atoms with Crippen molar-refractivity contribution in [3.05, 3.63) is 0 Å². The number of rotatable bonds is 1. The summed E-state index contributed by atoms with van der Waals surface area (Å²) in [5.41, 5.74) is -0.456. The molecule has 2 atom stereocenters. The molecule has 1 amide bonds. The molecule has 1 aliphatic rings. The van der Waals surface area contributed by atoms with Crippen LogP contribution in [0.1, 0.15) is 40.0 Å². The molecule has 0 aromatic carbocycles. The number of nitrogens with zero attached hydrogens (tertiary/aromatic N) is 1. The van der Waals surface area contributed by atoms with E-state index in [9.17, 15) is 9.90 Å². The number of ether oxygens (including phenoxy) is 1. The standard InChI is InChI=1S/C11H21NO3/c1-11(2,3)15-10(14)12(4)8-5-6-9(13)7-8/h8-9,13H,5-7H2,1-4H3/t8-,9+/m1/s1. The molecule has 0 aliphatic heterocycles. The summed E-state index contributed by atoms with van der Waals surface area (Å²) in [5.74, 6) is 0. The average Bonchev–Trinajstić information content (AvgIpc) is 2.47. The van der Waals surface area contributed by atoms with Gasteiger partial charge in [0.1, 0.15) is 5.60 Å². The lowest BCUT2D eigenvalue weighted by Crippen LogP contribution is -2.39. The Kier molecular flexibility index (Phi) is 3.60. The van der Waals surface area contributed by atoms with Crippen LogP contribution >= 0.6 is 0 Å². The number of carbonyl (C=O) groups excluding carboxylic acids is 1. The highest BCUT2D eigenvalue weighted by atomic mass is 16.6. The third-order valence-electron chi connectivity index (χ3n) is 2.61. The SMILES string of the molecule is CN(C(=O)OC(C)(C)C)[C@@H]1CC[C@H](O)C1. The van der Waals surface area contributed by atoms with E-state index in [-0.39, 0.29) is 18.2 Å². The molecule has 1 N–H and O–H groups in total. The number of carbonyl (C=O) groups is 1. The summed E-state index contributed by atoms with van der Waals surface area (Å²) in [7, 11) is 1.73. The second kappa shape index (κ2) is 4.39. The van der Waals surface area contributed by atoms with Crippen molar-refractivity contribution in [1.82, 2.24) is 4.90 Å². The van der Waals surface area contributed by atoms with Crippen LogP contribution in [0.2, 0.25) is 0 Å². The Morgan fingerprint density at radius 1 is 1.40 bits per heavy atom. The lowest BCUT2D eigenvalue weighted by Gasteiger charge is -2.28. The van der Waals surface area contributed by atoms with E-state index in [0.717, 1.165) is 12.8 Å². The van der Waals surface area contributed by atoms with Crippen LogP contribution in [0.5, 0.6) is 0 Å². The predicted octanol–water partition coefficient (Wildman–Crippen LogP) is 1.77. The smallest absolute Gasteiger partial charge is 0.410 e. The maximum absolute atomic E-state index is 11.7. The van der Waals surface area contributed by atoms with Gasteiger partial charge in [-0.2, -0.15) is 0 Å². The molecule has 0 spiro atoms. The second-order valence-electron chi connectivity index (χ2n) is 5.21. The van der Waals surface area contributed by atoms with Crippen molar-refractivity contribution < 1.29 is 14.6 Å². The molecule has 1 fully saturated rings. The van der Waals surface area contributed by atoms with Crippen molar-refractivity contribution in [3.63, 3.8) is 0 Å². The first kappa shape index (κ1) is 12.3. The van der Waals surface area contributed by atoms with Gasteiger partial charge < -0.3 is 14.7 Å². The molecule has 15 heavy (non-hydrogen) atoms. The molecule has 1 saturated carbocycles. The molecule has 1 aliphatic carbocycles. The zero-order chi connectivity index (χ0) is 11.6. The number of aliphatic hydroxyl groups excluding tert-OH is 1. The number of amides is 1. The molecule has 1 rings (SSSR count). The number of aliphatic hydroxyl groups is 1. The van der Waals surface area contributed by atoms with Gasteiger partial charge >= 0.3 is 6.09 Å². The fourth-order valence-corrected chi connectivity index (χ4v) is 1.77. The van der Waals surface area contributed by atoms with Crippen LogP contribution in [0, 0.1) is 0 Å². The van der Waals surface area contributed by atoms with Gasteiger partial charge in [0.25, 0.3) is 0 Å². The lowest BCUT2D eigenvalue weighted by atomic mass is 10.2. The second-order valence-corrected chi connectivity index (χ2v) is 5.21. The first-order valence-corrected chi connectivity index (χ1v) is 5.43. The van der Waals surface area contributed by atoms with Crippen molar-refractivity contribution in [2.24, 2.45) is 0 Å². The van der Waals surface area contributed by atoms with Crippen molar-refractivity contribution in [2.45, 2.75) is 57.8 Å². The molecular formula is C11H21NO3. The molecule has 0 aromatic rings. The van der Waals surface area contributed by atoms with Crippen molar-refractivity contribution in [1.29, 1.82) is 0 Å². The molecule has 0 aromatic heterocycles. The van der Waals surface area contributed by atoms with Crippen molar-refractivity contribution in [3.8, 4) is 0 Å². The van der Waals surface area contributed by atoms with Gasteiger partial charge in [-0.3, -0.25) is 0 Å². The monoisotopic (exact) mass is 215 g/mol. The molecule has 0 saturated heterocycles. The molecule has 0 unspecified atom stereocenters. The third-order valence-corrected chi connectivity index (χ3v) is 2.61. The third kappa shape index (κ3) is 3.70. The topological polar surface area (TPSA) is 49.8 Å². The fourth-order valence-electron chi connectivity index (χ4n) is 1.77. The van der Waals surface area contributed by atoms with Crippen LogP contribution in [-0.4, -0.2) is 40.9 Å². The van der Waals surface area contributed by atoms with Gasteiger partial charge in [-0.15, -0.1) is 0 Å². The Bertz CT molecular complexity index is 234. The zero-order valence-electron chi connectivity index (χ0n) is 9.99. The van der Waals surface area contributed by atoms with E-state index in [1.54, 1.807) is 11.9 Å². The van der Waals surface area contributed by atoms with Crippen molar-refractivity contribution in [2.75, 3.05) is 7.05 Å². The minimum Gasteiger partial charge on any atom is -0.444 e. The highest BCUT2D eigenvalue weighted by molar-refractivity contribution is 5.68. The molecule has 0 radical (unpaired) electrons. The first-order chi connectivity index (χ1) is 6.79. The Balaban J connectivity index is 2.46. The van der Waals surface area contributed by atoms with E-state index in [1.807, 2.05) is 20.8 Å². The summed E-state index contributed by atoms with van der Waals surface area (Å²) in [6.45, 7) is 5.55. The average molecular weight is 215 g/mol. The Labute approximate surface area is 91.2 Å². The Hall–Kier alpha value is -0.770. The van der Waals surface area contributed by atoms with E-state index in [1.165, 1.54) is 0 Å². The molecule has 0 heterocycles. The van der Waals surface area contributed by atoms with E-state index >= 15 is 0 Å². The minimum atomic E-state index is -0.456. The number of hydrogen-bond acceptors (Lipinski definition) is 3. The molecule has 4 heteroatoms. The normalized spacial score (nSPS) is 26.5. The summed E-state index contributed by atoms with van der Waals surface area (Å²) in [6, 6.07) is 0.120. The van der Waals surface area contributed by atoms with Gasteiger partial charge in [0.2, 0.25) is 0 Å². The Morgan fingerprint density at radius 2 is 2.00 bits per heavy atom. The Morgan fingerprint density at radius 3 is 2.40 bits per heavy atom. The summed E-state index contributed by atoms with van der Waals surface area (Å²) in [5, 5.41) is 9.38. The molecule has 0 bridgehead atoms.